The first-order chi connectivity index (χ1) is 13.3. The molecule has 1 aliphatic carbocycles. The quantitative estimate of drug-likeness (QED) is 0.517. The minimum absolute atomic E-state index is 0.0160. The maximum atomic E-state index is 14.0. The van der Waals surface area contributed by atoms with Gasteiger partial charge >= 0.3 is 0 Å². The van der Waals surface area contributed by atoms with Crippen molar-refractivity contribution in [1.29, 1.82) is 0 Å². The van der Waals surface area contributed by atoms with Gasteiger partial charge < -0.3 is 10.6 Å². The standard InChI is InChI=1S/C20H18ClFN2O3S/c1-11(25)12-2-7-18(17(22)8-12)28-10-19(26)23-14-5-6-15(16(21)9-14)20(27)24-13-3-4-13/h2,5-9,13H,3-4,10H2,1H3,(H,23,26)(H,24,27). The van der Waals surface area contributed by atoms with Crippen molar-refractivity contribution in [1.82, 2.24) is 5.32 Å². The van der Waals surface area contributed by atoms with Crippen molar-refractivity contribution >= 4 is 46.6 Å². The Bertz CT molecular complexity index is 947. The largest absolute Gasteiger partial charge is 0.349 e. The predicted octanol–water partition coefficient (Wildman–Crippen LogP) is 4.30. The van der Waals surface area contributed by atoms with E-state index in [1.807, 2.05) is 0 Å². The lowest BCUT2D eigenvalue weighted by atomic mass is 10.1. The van der Waals surface area contributed by atoms with Crippen molar-refractivity contribution in [3.05, 3.63) is 58.4 Å². The molecule has 0 unspecified atom stereocenters. The van der Waals surface area contributed by atoms with Crippen LogP contribution >= 0.6 is 23.4 Å². The van der Waals surface area contributed by atoms with Crippen molar-refractivity contribution in [2.24, 2.45) is 0 Å². The van der Waals surface area contributed by atoms with Crippen LogP contribution < -0.4 is 10.6 Å². The third kappa shape index (κ3) is 5.33. The summed E-state index contributed by atoms with van der Waals surface area (Å²) < 4.78 is 14.0. The molecular weight excluding hydrogens is 403 g/mol. The van der Waals surface area contributed by atoms with E-state index in [1.165, 1.54) is 25.1 Å². The molecule has 5 nitrogen and oxygen atoms in total. The minimum Gasteiger partial charge on any atom is -0.349 e. The minimum atomic E-state index is -0.542. The summed E-state index contributed by atoms with van der Waals surface area (Å²) in [7, 11) is 0. The van der Waals surface area contributed by atoms with Crippen molar-refractivity contribution in [2.45, 2.75) is 30.7 Å². The van der Waals surface area contributed by atoms with E-state index in [2.05, 4.69) is 10.6 Å². The molecule has 0 aliphatic heterocycles. The molecule has 3 rings (SSSR count). The lowest BCUT2D eigenvalue weighted by molar-refractivity contribution is -0.113. The summed E-state index contributed by atoms with van der Waals surface area (Å²) in [5.74, 6) is -1.35. The van der Waals surface area contributed by atoms with Crippen LogP contribution in [0.15, 0.2) is 41.3 Å². The third-order valence-electron chi connectivity index (χ3n) is 4.11. The fourth-order valence-corrected chi connectivity index (χ4v) is 3.43. The van der Waals surface area contributed by atoms with Crippen molar-refractivity contribution < 1.29 is 18.8 Å². The third-order valence-corrected chi connectivity index (χ3v) is 5.47. The number of carbonyl (C=O) groups excluding carboxylic acids is 3. The summed E-state index contributed by atoms with van der Waals surface area (Å²) >= 11 is 7.18. The number of hydrogen-bond donors (Lipinski definition) is 2. The number of nitrogens with one attached hydrogen (secondary N) is 2. The Morgan fingerprint density at radius 3 is 2.54 bits per heavy atom. The molecule has 1 saturated carbocycles. The number of Topliss-reactive ketones (excluding diaryl/α,β-unsaturated/α-hetero) is 1. The monoisotopic (exact) mass is 420 g/mol. The molecular formula is C20H18ClFN2O3S. The van der Waals surface area contributed by atoms with E-state index in [9.17, 15) is 18.8 Å². The van der Waals surface area contributed by atoms with E-state index in [-0.39, 0.29) is 44.9 Å². The van der Waals surface area contributed by atoms with Gasteiger partial charge in [-0.2, -0.15) is 0 Å². The van der Waals surface area contributed by atoms with Crippen LogP contribution in [-0.2, 0) is 4.79 Å². The number of carbonyl (C=O) groups is 3. The molecule has 0 saturated heterocycles. The van der Waals surface area contributed by atoms with Gasteiger partial charge in [0.15, 0.2) is 5.78 Å². The highest BCUT2D eigenvalue weighted by Crippen LogP contribution is 2.25. The molecule has 2 amide bonds. The van der Waals surface area contributed by atoms with Crippen LogP contribution in [0.1, 0.15) is 40.5 Å². The van der Waals surface area contributed by atoms with Gasteiger partial charge in [-0.1, -0.05) is 17.7 Å². The number of thioether (sulfide) groups is 1. The summed E-state index contributed by atoms with van der Waals surface area (Å²) in [5.41, 5.74) is 1.09. The average Bonchev–Trinajstić information content (AvgIpc) is 3.44. The first kappa shape index (κ1) is 20.4. The molecule has 2 aromatic carbocycles. The van der Waals surface area contributed by atoms with E-state index in [0.717, 1.165) is 30.7 Å². The van der Waals surface area contributed by atoms with E-state index in [4.69, 9.17) is 11.6 Å². The van der Waals surface area contributed by atoms with Gasteiger partial charge in [0.1, 0.15) is 5.82 Å². The summed E-state index contributed by atoms with van der Waals surface area (Å²) in [6.07, 6.45) is 1.96. The zero-order chi connectivity index (χ0) is 20.3. The number of anilines is 1. The van der Waals surface area contributed by atoms with E-state index in [1.54, 1.807) is 12.1 Å². The fourth-order valence-electron chi connectivity index (χ4n) is 2.45. The Morgan fingerprint density at radius 2 is 1.93 bits per heavy atom. The SMILES string of the molecule is CC(=O)c1ccc(SCC(=O)Nc2ccc(C(=O)NC3CC3)c(Cl)c2)c(F)c1. The van der Waals surface area contributed by atoms with Gasteiger partial charge in [-0.15, -0.1) is 11.8 Å². The molecule has 0 bridgehead atoms. The van der Waals surface area contributed by atoms with Gasteiger partial charge in [0.25, 0.3) is 5.91 Å². The van der Waals surface area contributed by atoms with E-state index >= 15 is 0 Å². The number of benzene rings is 2. The van der Waals surface area contributed by atoms with Gasteiger partial charge in [0.05, 0.1) is 16.3 Å². The highest BCUT2D eigenvalue weighted by atomic mass is 35.5. The van der Waals surface area contributed by atoms with Crippen molar-refractivity contribution in [3.63, 3.8) is 0 Å². The van der Waals surface area contributed by atoms with E-state index < -0.39 is 5.82 Å². The van der Waals surface area contributed by atoms with E-state index in [0.29, 0.717) is 11.3 Å². The molecule has 8 heteroatoms. The lowest BCUT2D eigenvalue weighted by Crippen LogP contribution is -2.25. The molecule has 0 aromatic heterocycles. The molecule has 28 heavy (non-hydrogen) atoms. The molecule has 1 fully saturated rings. The number of ketones is 1. The first-order valence-electron chi connectivity index (χ1n) is 8.67. The smallest absolute Gasteiger partial charge is 0.253 e. The second-order valence-corrected chi connectivity index (χ2v) is 7.90. The van der Waals surface area contributed by atoms with Gasteiger partial charge in [0.2, 0.25) is 5.91 Å². The lowest BCUT2D eigenvalue weighted by Gasteiger charge is -2.09. The highest BCUT2D eigenvalue weighted by Gasteiger charge is 2.24. The van der Waals surface area contributed by atoms with Crippen molar-refractivity contribution in [3.8, 4) is 0 Å². The van der Waals surface area contributed by atoms with Crippen LogP contribution in [0.4, 0.5) is 10.1 Å². The maximum absolute atomic E-state index is 14.0. The molecule has 0 spiro atoms. The van der Waals surface area contributed by atoms with Gasteiger partial charge in [-0.05, 0) is 50.1 Å². The molecule has 2 aromatic rings. The summed E-state index contributed by atoms with van der Waals surface area (Å²) in [6, 6.07) is 9.05. The zero-order valence-corrected chi connectivity index (χ0v) is 16.6. The van der Waals surface area contributed by atoms with Crippen LogP contribution in [0.5, 0.6) is 0 Å². The number of halogens is 2. The Labute approximate surface area is 171 Å². The second-order valence-electron chi connectivity index (χ2n) is 6.48. The summed E-state index contributed by atoms with van der Waals surface area (Å²) in [4.78, 5) is 35.7. The number of hydrogen-bond acceptors (Lipinski definition) is 4. The van der Waals surface area contributed by atoms with Crippen molar-refractivity contribution in [2.75, 3.05) is 11.1 Å². The summed E-state index contributed by atoms with van der Waals surface area (Å²) in [5, 5.41) is 5.77. The van der Waals surface area contributed by atoms with Gasteiger partial charge in [0, 0.05) is 22.2 Å². The maximum Gasteiger partial charge on any atom is 0.253 e. The number of amides is 2. The molecule has 0 heterocycles. The normalized spacial score (nSPS) is 13.1. The Hall–Kier alpha value is -2.38. The molecule has 146 valence electrons. The van der Waals surface area contributed by atoms with Crippen LogP contribution in [0.25, 0.3) is 0 Å². The van der Waals surface area contributed by atoms with Crippen LogP contribution in [-0.4, -0.2) is 29.4 Å². The molecule has 2 N–H and O–H groups in total. The first-order valence-corrected chi connectivity index (χ1v) is 10.0. The Kier molecular flexibility index (Phi) is 6.36. The fraction of sp³-hybridized carbons (Fsp3) is 0.250. The second kappa shape index (κ2) is 8.75. The van der Waals surface area contributed by atoms with Crippen LogP contribution in [0.2, 0.25) is 5.02 Å². The molecule has 1 aliphatic rings. The van der Waals surface area contributed by atoms with Crippen LogP contribution in [0, 0.1) is 5.82 Å². The highest BCUT2D eigenvalue weighted by molar-refractivity contribution is 8.00. The Balaban J connectivity index is 1.56. The average molecular weight is 421 g/mol. The predicted molar refractivity (Wildman–Crippen MR) is 108 cm³/mol. The molecule has 0 atom stereocenters. The van der Waals surface area contributed by atoms with Gasteiger partial charge in [-0.25, -0.2) is 4.39 Å². The topological polar surface area (TPSA) is 75.3 Å². The Morgan fingerprint density at radius 1 is 1.18 bits per heavy atom. The number of rotatable bonds is 7. The molecule has 0 radical (unpaired) electrons. The van der Waals surface area contributed by atoms with Gasteiger partial charge in [-0.3, -0.25) is 14.4 Å². The summed E-state index contributed by atoms with van der Waals surface area (Å²) in [6.45, 7) is 1.36. The van der Waals surface area contributed by atoms with Crippen LogP contribution in [0.3, 0.4) is 0 Å². The zero-order valence-electron chi connectivity index (χ0n) is 15.1.